The lowest BCUT2D eigenvalue weighted by Gasteiger charge is -2.14. The SMILES string of the molecule is CCCC(C)OC(=O)[C@@H](O)CN. The molecule has 0 bridgehead atoms. The minimum atomic E-state index is -1.18. The van der Waals surface area contributed by atoms with Crippen LogP contribution in [0.5, 0.6) is 0 Å². The fourth-order valence-corrected chi connectivity index (χ4v) is 0.839. The summed E-state index contributed by atoms with van der Waals surface area (Å²) in [5.41, 5.74) is 5.07. The van der Waals surface area contributed by atoms with Gasteiger partial charge < -0.3 is 15.6 Å². The number of nitrogens with two attached hydrogens (primary N) is 1. The summed E-state index contributed by atoms with van der Waals surface area (Å²) in [4.78, 5) is 10.9. The summed E-state index contributed by atoms with van der Waals surface area (Å²) in [6.07, 6.45) is 0.448. The van der Waals surface area contributed by atoms with Gasteiger partial charge in [-0.15, -0.1) is 0 Å². The van der Waals surface area contributed by atoms with E-state index in [1.807, 2.05) is 6.92 Å². The number of esters is 1. The van der Waals surface area contributed by atoms with E-state index in [0.717, 1.165) is 12.8 Å². The molecule has 0 aliphatic rings. The molecule has 0 aliphatic heterocycles. The monoisotopic (exact) mass is 175 g/mol. The summed E-state index contributed by atoms with van der Waals surface area (Å²) in [6.45, 7) is 3.71. The Bertz CT molecular complexity index is 138. The van der Waals surface area contributed by atoms with Gasteiger partial charge in [-0.1, -0.05) is 13.3 Å². The number of carbonyl (C=O) groups excluding carboxylic acids is 1. The number of hydrogen-bond acceptors (Lipinski definition) is 4. The Morgan fingerprint density at radius 2 is 2.25 bits per heavy atom. The van der Waals surface area contributed by atoms with E-state index in [9.17, 15) is 4.79 Å². The van der Waals surface area contributed by atoms with E-state index in [2.05, 4.69) is 0 Å². The van der Waals surface area contributed by atoms with Gasteiger partial charge in [0.1, 0.15) is 0 Å². The highest BCUT2D eigenvalue weighted by Gasteiger charge is 2.16. The van der Waals surface area contributed by atoms with Gasteiger partial charge in [0.15, 0.2) is 6.10 Å². The third kappa shape index (κ3) is 4.31. The maximum Gasteiger partial charge on any atom is 0.336 e. The summed E-state index contributed by atoms with van der Waals surface area (Å²) in [6, 6.07) is 0. The van der Waals surface area contributed by atoms with Gasteiger partial charge in [-0.05, 0) is 13.3 Å². The molecule has 2 atom stereocenters. The van der Waals surface area contributed by atoms with Crippen molar-refractivity contribution in [3.63, 3.8) is 0 Å². The molecule has 0 spiro atoms. The first kappa shape index (κ1) is 11.4. The zero-order valence-electron chi connectivity index (χ0n) is 7.62. The minimum absolute atomic E-state index is 0.0856. The van der Waals surface area contributed by atoms with E-state index in [1.54, 1.807) is 6.92 Å². The molecular weight excluding hydrogens is 158 g/mol. The molecule has 0 aromatic rings. The van der Waals surface area contributed by atoms with Gasteiger partial charge in [0.25, 0.3) is 0 Å². The molecule has 4 heteroatoms. The molecule has 0 heterocycles. The Balaban J connectivity index is 3.67. The minimum Gasteiger partial charge on any atom is -0.461 e. The summed E-state index contributed by atoms with van der Waals surface area (Å²) < 4.78 is 4.87. The van der Waals surface area contributed by atoms with Crippen LogP contribution in [0.1, 0.15) is 26.7 Å². The van der Waals surface area contributed by atoms with Gasteiger partial charge >= 0.3 is 5.97 Å². The Morgan fingerprint density at radius 3 is 2.67 bits per heavy atom. The van der Waals surface area contributed by atoms with E-state index in [4.69, 9.17) is 15.6 Å². The van der Waals surface area contributed by atoms with Crippen LogP contribution in [0.2, 0.25) is 0 Å². The van der Waals surface area contributed by atoms with Crippen molar-refractivity contribution in [2.24, 2.45) is 5.73 Å². The van der Waals surface area contributed by atoms with Crippen molar-refractivity contribution in [3.8, 4) is 0 Å². The Hall–Kier alpha value is -0.610. The molecule has 0 fully saturated rings. The lowest BCUT2D eigenvalue weighted by atomic mass is 10.2. The summed E-state index contributed by atoms with van der Waals surface area (Å²) in [5, 5.41) is 8.94. The number of carbonyl (C=O) groups is 1. The number of ether oxygens (including phenoxy) is 1. The first-order valence-corrected chi connectivity index (χ1v) is 4.20. The zero-order chi connectivity index (χ0) is 9.56. The van der Waals surface area contributed by atoms with Gasteiger partial charge in [0, 0.05) is 6.54 Å². The molecule has 0 aliphatic carbocycles. The smallest absolute Gasteiger partial charge is 0.336 e. The molecule has 0 aromatic carbocycles. The second-order valence-corrected chi connectivity index (χ2v) is 2.79. The fourth-order valence-electron chi connectivity index (χ4n) is 0.839. The third-order valence-corrected chi connectivity index (χ3v) is 1.51. The molecule has 12 heavy (non-hydrogen) atoms. The van der Waals surface area contributed by atoms with Crippen LogP contribution in [0.15, 0.2) is 0 Å². The van der Waals surface area contributed by atoms with Crippen LogP contribution in [-0.4, -0.2) is 29.8 Å². The molecule has 0 rings (SSSR count). The van der Waals surface area contributed by atoms with Crippen molar-refractivity contribution in [2.75, 3.05) is 6.54 Å². The highest BCUT2D eigenvalue weighted by Crippen LogP contribution is 2.02. The van der Waals surface area contributed by atoms with Crippen LogP contribution in [0, 0.1) is 0 Å². The number of rotatable bonds is 5. The van der Waals surface area contributed by atoms with Crippen LogP contribution in [0.25, 0.3) is 0 Å². The van der Waals surface area contributed by atoms with Gasteiger partial charge in [-0.3, -0.25) is 0 Å². The predicted octanol–water partition coefficient (Wildman–Crippen LogP) is 0.0378. The molecule has 3 N–H and O–H groups in total. The van der Waals surface area contributed by atoms with Crippen molar-refractivity contribution in [3.05, 3.63) is 0 Å². The molecule has 0 amide bonds. The molecule has 72 valence electrons. The molecule has 4 nitrogen and oxygen atoms in total. The predicted molar refractivity (Wildman–Crippen MR) is 45.5 cm³/mol. The van der Waals surface area contributed by atoms with Gasteiger partial charge in [-0.2, -0.15) is 0 Å². The van der Waals surface area contributed by atoms with Gasteiger partial charge in [-0.25, -0.2) is 4.79 Å². The van der Waals surface area contributed by atoms with Crippen LogP contribution in [0.4, 0.5) is 0 Å². The Kier molecular flexibility index (Phi) is 5.66. The number of aliphatic hydroxyl groups excluding tert-OH is 1. The van der Waals surface area contributed by atoms with E-state index in [1.165, 1.54) is 0 Å². The van der Waals surface area contributed by atoms with E-state index >= 15 is 0 Å². The van der Waals surface area contributed by atoms with E-state index < -0.39 is 12.1 Å². The maximum absolute atomic E-state index is 10.9. The van der Waals surface area contributed by atoms with Crippen molar-refractivity contribution in [1.82, 2.24) is 0 Å². The van der Waals surface area contributed by atoms with Crippen molar-refractivity contribution >= 4 is 5.97 Å². The highest BCUT2D eigenvalue weighted by atomic mass is 16.6. The fraction of sp³-hybridized carbons (Fsp3) is 0.875. The molecule has 0 saturated heterocycles. The van der Waals surface area contributed by atoms with Crippen molar-refractivity contribution < 1.29 is 14.6 Å². The lowest BCUT2D eigenvalue weighted by Crippen LogP contribution is -2.32. The van der Waals surface area contributed by atoms with Gasteiger partial charge in [0.2, 0.25) is 0 Å². The largest absolute Gasteiger partial charge is 0.461 e. The first-order chi connectivity index (χ1) is 5.61. The Labute approximate surface area is 72.7 Å². The molecule has 0 saturated carbocycles. The van der Waals surface area contributed by atoms with Crippen LogP contribution in [-0.2, 0) is 9.53 Å². The topological polar surface area (TPSA) is 72.5 Å². The van der Waals surface area contributed by atoms with Gasteiger partial charge in [0.05, 0.1) is 6.10 Å². The second kappa shape index (κ2) is 5.97. The van der Waals surface area contributed by atoms with Crippen LogP contribution < -0.4 is 5.73 Å². The van der Waals surface area contributed by atoms with E-state index in [-0.39, 0.29) is 12.6 Å². The van der Waals surface area contributed by atoms with Crippen LogP contribution in [0.3, 0.4) is 0 Å². The van der Waals surface area contributed by atoms with Crippen molar-refractivity contribution in [2.45, 2.75) is 38.9 Å². The van der Waals surface area contributed by atoms with Crippen LogP contribution >= 0.6 is 0 Å². The average Bonchev–Trinajstić information content (AvgIpc) is 2.03. The molecular formula is C8H17NO3. The lowest BCUT2D eigenvalue weighted by molar-refractivity contribution is -0.157. The second-order valence-electron chi connectivity index (χ2n) is 2.79. The first-order valence-electron chi connectivity index (χ1n) is 4.20. The average molecular weight is 175 g/mol. The third-order valence-electron chi connectivity index (χ3n) is 1.51. The quantitative estimate of drug-likeness (QED) is 0.578. The maximum atomic E-state index is 10.9. The molecule has 0 aromatic heterocycles. The standard InChI is InChI=1S/C8H17NO3/c1-3-4-6(2)12-8(11)7(10)5-9/h6-7,10H,3-5,9H2,1-2H3/t6?,7-/m0/s1. The zero-order valence-corrected chi connectivity index (χ0v) is 7.62. The molecule has 0 radical (unpaired) electrons. The normalized spacial score (nSPS) is 15.3. The van der Waals surface area contributed by atoms with E-state index in [0.29, 0.717) is 0 Å². The summed E-state index contributed by atoms with van der Waals surface area (Å²) in [5.74, 6) is -0.626. The highest BCUT2D eigenvalue weighted by molar-refractivity contribution is 5.74. The summed E-state index contributed by atoms with van der Waals surface area (Å²) in [7, 11) is 0. The van der Waals surface area contributed by atoms with Crippen molar-refractivity contribution in [1.29, 1.82) is 0 Å². The molecule has 1 unspecified atom stereocenters. The Morgan fingerprint density at radius 1 is 1.67 bits per heavy atom. The number of hydrogen-bond donors (Lipinski definition) is 2. The number of aliphatic hydroxyl groups is 1. The summed E-state index contributed by atoms with van der Waals surface area (Å²) >= 11 is 0.